The third-order valence-electron chi connectivity index (χ3n) is 2.24. The fourth-order valence-electron chi connectivity index (χ4n) is 1.41. The number of rotatable bonds is 1. The first-order chi connectivity index (χ1) is 7.18. The van der Waals surface area contributed by atoms with Crippen LogP contribution in [0.15, 0.2) is 41.1 Å². The van der Waals surface area contributed by atoms with Crippen LogP contribution in [0.25, 0.3) is 11.1 Å². The molecule has 0 bridgehead atoms. The molecule has 0 amide bonds. The summed E-state index contributed by atoms with van der Waals surface area (Å²) in [6.07, 6.45) is 3.53. The smallest absolute Gasteiger partial charge is 0.0495 e. The summed E-state index contributed by atoms with van der Waals surface area (Å²) >= 11 is 9.64. The summed E-state index contributed by atoms with van der Waals surface area (Å²) in [5.41, 5.74) is 3.30. The Kier molecular flexibility index (Phi) is 3.08. The molecule has 0 fully saturated rings. The maximum absolute atomic E-state index is 6.19. The Balaban J connectivity index is 2.59. The summed E-state index contributed by atoms with van der Waals surface area (Å²) in [5.74, 6) is 0. The largest absolute Gasteiger partial charge is 0.265 e. The van der Waals surface area contributed by atoms with Crippen LogP contribution in [0.2, 0.25) is 5.02 Å². The van der Waals surface area contributed by atoms with E-state index in [0.29, 0.717) is 0 Å². The Labute approximate surface area is 102 Å². The molecule has 1 nitrogen and oxygen atoms in total. The molecular weight excluding hydrogens is 273 g/mol. The Morgan fingerprint density at radius 1 is 1.20 bits per heavy atom. The van der Waals surface area contributed by atoms with Crippen LogP contribution in [-0.4, -0.2) is 4.98 Å². The van der Waals surface area contributed by atoms with Crippen molar-refractivity contribution in [2.75, 3.05) is 0 Å². The van der Waals surface area contributed by atoms with E-state index in [9.17, 15) is 0 Å². The summed E-state index contributed by atoms with van der Waals surface area (Å²) in [4.78, 5) is 3.99. The predicted octanol–water partition coefficient (Wildman–Crippen LogP) is 4.47. The van der Waals surface area contributed by atoms with Crippen LogP contribution in [-0.2, 0) is 0 Å². The van der Waals surface area contributed by atoms with E-state index < -0.39 is 0 Å². The van der Waals surface area contributed by atoms with Crippen molar-refractivity contribution in [3.8, 4) is 11.1 Å². The summed E-state index contributed by atoms with van der Waals surface area (Å²) in [5, 5.41) is 0.749. The maximum Gasteiger partial charge on any atom is 0.0495 e. The van der Waals surface area contributed by atoms with Crippen LogP contribution in [0.1, 0.15) is 5.56 Å². The van der Waals surface area contributed by atoms with Crippen LogP contribution < -0.4 is 0 Å². The Morgan fingerprint density at radius 3 is 2.53 bits per heavy atom. The van der Waals surface area contributed by atoms with Gasteiger partial charge < -0.3 is 0 Å². The van der Waals surface area contributed by atoms with Gasteiger partial charge in [-0.05, 0) is 42.3 Å². The zero-order chi connectivity index (χ0) is 10.8. The molecule has 0 unspecified atom stereocenters. The van der Waals surface area contributed by atoms with Crippen molar-refractivity contribution in [1.82, 2.24) is 4.98 Å². The number of hydrogen-bond donors (Lipinski definition) is 0. The molecule has 0 spiro atoms. The Bertz CT molecular complexity index is 482. The molecule has 0 radical (unpaired) electrons. The van der Waals surface area contributed by atoms with Crippen molar-refractivity contribution in [3.05, 3.63) is 51.7 Å². The lowest BCUT2D eigenvalue weighted by Crippen LogP contribution is -1.83. The molecule has 1 heterocycles. The van der Waals surface area contributed by atoms with Gasteiger partial charge in [-0.25, -0.2) is 0 Å². The van der Waals surface area contributed by atoms with E-state index in [1.54, 1.807) is 12.4 Å². The van der Waals surface area contributed by atoms with Gasteiger partial charge in [-0.3, -0.25) is 4.98 Å². The van der Waals surface area contributed by atoms with Crippen molar-refractivity contribution in [1.29, 1.82) is 0 Å². The molecule has 1 aromatic heterocycles. The first-order valence-corrected chi connectivity index (χ1v) is 5.71. The molecule has 76 valence electrons. The van der Waals surface area contributed by atoms with Crippen LogP contribution >= 0.6 is 27.5 Å². The van der Waals surface area contributed by atoms with Gasteiger partial charge in [0.1, 0.15) is 0 Å². The van der Waals surface area contributed by atoms with Crippen molar-refractivity contribution in [2.24, 2.45) is 0 Å². The van der Waals surface area contributed by atoms with E-state index in [4.69, 9.17) is 11.6 Å². The lowest BCUT2D eigenvalue weighted by Gasteiger charge is -2.07. The quantitative estimate of drug-likeness (QED) is 0.752. The van der Waals surface area contributed by atoms with Gasteiger partial charge in [0.05, 0.1) is 0 Å². The SMILES string of the molecule is Cc1cc(-c2ccncc2)c(Cl)cc1Br. The highest BCUT2D eigenvalue weighted by Gasteiger charge is 2.05. The minimum absolute atomic E-state index is 0.749. The standard InChI is InChI=1S/C12H9BrClN/c1-8-6-10(12(14)7-11(8)13)9-2-4-15-5-3-9/h2-7H,1H3. The Morgan fingerprint density at radius 2 is 1.87 bits per heavy atom. The second kappa shape index (κ2) is 4.33. The number of aromatic nitrogens is 1. The molecule has 0 aliphatic rings. The van der Waals surface area contributed by atoms with Crippen LogP contribution in [0, 0.1) is 6.92 Å². The number of benzene rings is 1. The molecule has 0 aliphatic carbocycles. The van der Waals surface area contributed by atoms with Gasteiger partial charge in [-0.2, -0.15) is 0 Å². The van der Waals surface area contributed by atoms with E-state index in [-0.39, 0.29) is 0 Å². The minimum atomic E-state index is 0.749. The molecule has 2 rings (SSSR count). The highest BCUT2D eigenvalue weighted by atomic mass is 79.9. The van der Waals surface area contributed by atoms with Crippen molar-refractivity contribution < 1.29 is 0 Å². The fraction of sp³-hybridized carbons (Fsp3) is 0.0833. The lowest BCUT2D eigenvalue weighted by molar-refractivity contribution is 1.33. The second-order valence-electron chi connectivity index (χ2n) is 3.32. The molecular formula is C12H9BrClN. The third kappa shape index (κ3) is 2.21. The number of pyridine rings is 1. The monoisotopic (exact) mass is 281 g/mol. The van der Waals surface area contributed by atoms with Gasteiger partial charge in [0, 0.05) is 27.5 Å². The molecule has 2 aromatic rings. The predicted molar refractivity (Wildman–Crippen MR) is 67.1 cm³/mol. The number of hydrogen-bond acceptors (Lipinski definition) is 1. The number of nitrogens with zero attached hydrogens (tertiary/aromatic N) is 1. The summed E-state index contributed by atoms with van der Waals surface area (Å²) in [6.45, 7) is 2.05. The van der Waals surface area contributed by atoms with Gasteiger partial charge in [-0.15, -0.1) is 0 Å². The van der Waals surface area contributed by atoms with E-state index in [0.717, 1.165) is 20.6 Å². The average molecular weight is 283 g/mol. The fourth-order valence-corrected chi connectivity index (χ4v) is 2.16. The average Bonchev–Trinajstić information content (AvgIpc) is 2.25. The topological polar surface area (TPSA) is 12.9 Å². The van der Waals surface area contributed by atoms with Crippen molar-refractivity contribution >= 4 is 27.5 Å². The van der Waals surface area contributed by atoms with Crippen molar-refractivity contribution in [2.45, 2.75) is 6.92 Å². The number of halogens is 2. The summed E-state index contributed by atoms with van der Waals surface area (Å²) < 4.78 is 1.03. The second-order valence-corrected chi connectivity index (χ2v) is 4.58. The van der Waals surface area contributed by atoms with E-state index in [1.165, 1.54) is 5.56 Å². The van der Waals surface area contributed by atoms with E-state index in [2.05, 4.69) is 27.0 Å². The normalized spacial score (nSPS) is 10.3. The highest BCUT2D eigenvalue weighted by molar-refractivity contribution is 9.10. The molecule has 0 saturated heterocycles. The van der Waals surface area contributed by atoms with E-state index >= 15 is 0 Å². The lowest BCUT2D eigenvalue weighted by atomic mass is 10.0. The van der Waals surface area contributed by atoms with Gasteiger partial charge in [0.2, 0.25) is 0 Å². The van der Waals surface area contributed by atoms with Crippen molar-refractivity contribution in [3.63, 3.8) is 0 Å². The van der Waals surface area contributed by atoms with Gasteiger partial charge in [0.15, 0.2) is 0 Å². The van der Waals surface area contributed by atoms with Gasteiger partial charge in [-0.1, -0.05) is 27.5 Å². The molecule has 0 atom stereocenters. The van der Waals surface area contributed by atoms with Crippen LogP contribution in [0.4, 0.5) is 0 Å². The summed E-state index contributed by atoms with van der Waals surface area (Å²) in [7, 11) is 0. The number of aryl methyl sites for hydroxylation is 1. The molecule has 0 aliphatic heterocycles. The van der Waals surface area contributed by atoms with Gasteiger partial charge >= 0.3 is 0 Å². The third-order valence-corrected chi connectivity index (χ3v) is 3.41. The first-order valence-electron chi connectivity index (χ1n) is 4.54. The molecule has 15 heavy (non-hydrogen) atoms. The van der Waals surface area contributed by atoms with Crippen LogP contribution in [0.5, 0.6) is 0 Å². The van der Waals surface area contributed by atoms with E-state index in [1.807, 2.05) is 25.1 Å². The zero-order valence-electron chi connectivity index (χ0n) is 8.17. The maximum atomic E-state index is 6.19. The molecule has 0 N–H and O–H groups in total. The molecule has 0 saturated carbocycles. The summed E-state index contributed by atoms with van der Waals surface area (Å²) in [6, 6.07) is 7.90. The highest BCUT2D eigenvalue weighted by Crippen LogP contribution is 2.32. The Hall–Kier alpha value is -0.860. The van der Waals surface area contributed by atoms with Gasteiger partial charge in [0.25, 0.3) is 0 Å². The molecule has 3 heteroatoms. The minimum Gasteiger partial charge on any atom is -0.265 e. The van der Waals surface area contributed by atoms with Crippen LogP contribution in [0.3, 0.4) is 0 Å². The first kappa shape index (κ1) is 10.7. The molecule has 1 aromatic carbocycles. The zero-order valence-corrected chi connectivity index (χ0v) is 10.5.